The van der Waals surface area contributed by atoms with Crippen LogP contribution in [-0.4, -0.2) is 30.6 Å². The highest BCUT2D eigenvalue weighted by atomic mass is 16.5. The Labute approximate surface area is 107 Å². The van der Waals surface area contributed by atoms with Gasteiger partial charge in [0.2, 0.25) is 0 Å². The molecule has 96 valence electrons. The Kier molecular flexibility index (Phi) is 3.87. The maximum Gasteiger partial charge on any atom is 0.321 e. The molecule has 1 aliphatic rings. The number of urea groups is 1. The van der Waals surface area contributed by atoms with Gasteiger partial charge in [-0.2, -0.15) is 0 Å². The summed E-state index contributed by atoms with van der Waals surface area (Å²) < 4.78 is 5.60. The van der Waals surface area contributed by atoms with Crippen molar-refractivity contribution in [2.75, 3.05) is 25.0 Å². The largest absolute Gasteiger partial charge is 0.487 e. The van der Waals surface area contributed by atoms with Gasteiger partial charge in [0.15, 0.2) is 0 Å². The van der Waals surface area contributed by atoms with Gasteiger partial charge in [0, 0.05) is 13.1 Å². The van der Waals surface area contributed by atoms with Crippen molar-refractivity contribution in [2.45, 2.75) is 13.3 Å². The highest BCUT2D eigenvalue weighted by Crippen LogP contribution is 2.25. The lowest BCUT2D eigenvalue weighted by Crippen LogP contribution is -2.44. The molecular formula is C14H18N2O2. The molecule has 0 atom stereocenters. The Bertz CT molecular complexity index is 453. The Hall–Kier alpha value is -1.97. The second-order valence-corrected chi connectivity index (χ2v) is 4.51. The summed E-state index contributed by atoms with van der Waals surface area (Å²) in [6.45, 7) is 7.82. The molecule has 1 aromatic rings. The molecule has 0 unspecified atom stereocenters. The van der Waals surface area contributed by atoms with Crippen LogP contribution in [0.5, 0.6) is 5.75 Å². The quantitative estimate of drug-likeness (QED) is 0.830. The van der Waals surface area contributed by atoms with Crippen molar-refractivity contribution in [3.8, 4) is 5.75 Å². The molecule has 4 nitrogen and oxygen atoms in total. The summed E-state index contributed by atoms with van der Waals surface area (Å²) in [6.07, 6.45) is 1.08. The molecule has 4 heteroatoms. The SMILES string of the molecule is C=C(C)COc1ccccc1NC(=O)N1CCC1. The van der Waals surface area contributed by atoms with Crippen molar-refractivity contribution in [3.05, 3.63) is 36.4 Å². The number of carbonyl (C=O) groups excluding carboxylic acids is 1. The number of likely N-dealkylation sites (tertiary alicyclic amines) is 1. The minimum Gasteiger partial charge on any atom is -0.487 e. The van der Waals surface area contributed by atoms with Gasteiger partial charge in [0.05, 0.1) is 5.69 Å². The minimum atomic E-state index is -0.0624. The lowest BCUT2D eigenvalue weighted by molar-refractivity contribution is 0.181. The highest BCUT2D eigenvalue weighted by Gasteiger charge is 2.20. The number of nitrogens with zero attached hydrogens (tertiary/aromatic N) is 1. The molecule has 1 aliphatic heterocycles. The third-order valence-corrected chi connectivity index (χ3v) is 2.75. The number of nitrogens with one attached hydrogen (secondary N) is 1. The van der Waals surface area contributed by atoms with Gasteiger partial charge in [0.1, 0.15) is 12.4 Å². The Morgan fingerprint density at radius 1 is 1.44 bits per heavy atom. The summed E-state index contributed by atoms with van der Waals surface area (Å²) in [5.74, 6) is 0.675. The Morgan fingerprint density at radius 2 is 2.17 bits per heavy atom. The van der Waals surface area contributed by atoms with Crippen molar-refractivity contribution >= 4 is 11.7 Å². The van der Waals surface area contributed by atoms with Gasteiger partial charge >= 0.3 is 6.03 Å². The van der Waals surface area contributed by atoms with Crippen LogP contribution in [0, 0.1) is 0 Å². The van der Waals surface area contributed by atoms with Gasteiger partial charge in [-0.25, -0.2) is 4.79 Å². The molecule has 0 aromatic heterocycles. The van der Waals surface area contributed by atoms with E-state index in [1.54, 1.807) is 4.90 Å². The summed E-state index contributed by atoms with van der Waals surface area (Å²) in [6, 6.07) is 7.37. The zero-order valence-corrected chi connectivity index (χ0v) is 10.6. The average molecular weight is 246 g/mol. The third-order valence-electron chi connectivity index (χ3n) is 2.75. The number of amides is 2. The molecule has 0 saturated carbocycles. The van der Waals surface area contributed by atoms with E-state index in [1.807, 2.05) is 31.2 Å². The summed E-state index contributed by atoms with van der Waals surface area (Å²) in [5, 5.41) is 2.87. The fourth-order valence-corrected chi connectivity index (χ4v) is 1.61. The van der Waals surface area contributed by atoms with Crippen molar-refractivity contribution in [2.24, 2.45) is 0 Å². The van der Waals surface area contributed by atoms with E-state index in [9.17, 15) is 4.79 Å². The number of hydrogen-bond acceptors (Lipinski definition) is 2. The van der Waals surface area contributed by atoms with Crippen LogP contribution in [-0.2, 0) is 0 Å². The zero-order chi connectivity index (χ0) is 13.0. The minimum absolute atomic E-state index is 0.0624. The average Bonchev–Trinajstić information content (AvgIpc) is 2.25. The van der Waals surface area contributed by atoms with Crippen LogP contribution in [0.25, 0.3) is 0 Å². The van der Waals surface area contributed by atoms with E-state index in [-0.39, 0.29) is 6.03 Å². The molecule has 0 bridgehead atoms. The van der Waals surface area contributed by atoms with Gasteiger partial charge in [-0.3, -0.25) is 0 Å². The molecule has 2 amide bonds. The van der Waals surface area contributed by atoms with Gasteiger partial charge < -0.3 is 15.0 Å². The number of rotatable bonds is 4. The van der Waals surface area contributed by atoms with Crippen LogP contribution >= 0.6 is 0 Å². The molecule has 0 radical (unpaired) electrons. The van der Waals surface area contributed by atoms with Crippen molar-refractivity contribution in [1.29, 1.82) is 0 Å². The fourth-order valence-electron chi connectivity index (χ4n) is 1.61. The first-order valence-electron chi connectivity index (χ1n) is 6.09. The van der Waals surface area contributed by atoms with Crippen LogP contribution in [0.3, 0.4) is 0 Å². The number of para-hydroxylation sites is 2. The fraction of sp³-hybridized carbons (Fsp3) is 0.357. The number of anilines is 1. The number of hydrogen-bond donors (Lipinski definition) is 1. The van der Waals surface area contributed by atoms with E-state index < -0.39 is 0 Å². The highest BCUT2D eigenvalue weighted by molar-refractivity contribution is 5.91. The lowest BCUT2D eigenvalue weighted by atomic mass is 10.2. The number of benzene rings is 1. The van der Waals surface area contributed by atoms with E-state index in [1.165, 1.54) is 0 Å². The van der Waals surface area contributed by atoms with Crippen molar-refractivity contribution < 1.29 is 9.53 Å². The molecule has 1 heterocycles. The second kappa shape index (κ2) is 5.58. The maximum atomic E-state index is 11.8. The van der Waals surface area contributed by atoms with Crippen molar-refractivity contribution in [1.82, 2.24) is 4.90 Å². The van der Waals surface area contributed by atoms with Crippen LogP contribution in [0.1, 0.15) is 13.3 Å². The molecule has 0 aliphatic carbocycles. The van der Waals surface area contributed by atoms with Gasteiger partial charge in [-0.05, 0) is 31.1 Å². The summed E-state index contributed by atoms with van der Waals surface area (Å²) >= 11 is 0. The standard InChI is InChI=1S/C14H18N2O2/c1-11(2)10-18-13-7-4-3-6-12(13)15-14(17)16-8-5-9-16/h3-4,6-7H,1,5,8-10H2,2H3,(H,15,17). The van der Waals surface area contributed by atoms with E-state index >= 15 is 0 Å². The third kappa shape index (κ3) is 3.03. The van der Waals surface area contributed by atoms with E-state index in [2.05, 4.69) is 11.9 Å². The first-order chi connectivity index (χ1) is 8.66. The van der Waals surface area contributed by atoms with Gasteiger partial charge in [0.25, 0.3) is 0 Å². The van der Waals surface area contributed by atoms with Crippen LogP contribution < -0.4 is 10.1 Å². The monoisotopic (exact) mass is 246 g/mol. The van der Waals surface area contributed by atoms with Crippen LogP contribution in [0.4, 0.5) is 10.5 Å². The number of carbonyl (C=O) groups is 1. The lowest BCUT2D eigenvalue weighted by Gasteiger charge is -2.31. The van der Waals surface area contributed by atoms with E-state index in [4.69, 9.17) is 4.74 Å². The summed E-state index contributed by atoms with van der Waals surface area (Å²) in [7, 11) is 0. The maximum absolute atomic E-state index is 11.8. The van der Waals surface area contributed by atoms with Gasteiger partial charge in [-0.15, -0.1) is 0 Å². The summed E-state index contributed by atoms with van der Waals surface area (Å²) in [5.41, 5.74) is 1.65. The number of ether oxygens (including phenoxy) is 1. The smallest absolute Gasteiger partial charge is 0.321 e. The molecule has 1 saturated heterocycles. The van der Waals surface area contributed by atoms with Crippen molar-refractivity contribution in [3.63, 3.8) is 0 Å². The molecule has 0 spiro atoms. The first kappa shape index (κ1) is 12.5. The Balaban J connectivity index is 2.01. The Morgan fingerprint density at radius 3 is 2.78 bits per heavy atom. The molecular weight excluding hydrogens is 228 g/mol. The van der Waals surface area contributed by atoms with Crippen LogP contribution in [0.2, 0.25) is 0 Å². The van der Waals surface area contributed by atoms with Gasteiger partial charge in [-0.1, -0.05) is 18.7 Å². The predicted molar refractivity (Wildman–Crippen MR) is 72.0 cm³/mol. The molecule has 2 rings (SSSR count). The molecule has 18 heavy (non-hydrogen) atoms. The molecule has 1 aromatic carbocycles. The normalized spacial score (nSPS) is 13.7. The predicted octanol–water partition coefficient (Wildman–Crippen LogP) is 2.88. The van der Waals surface area contributed by atoms with Crippen LogP contribution in [0.15, 0.2) is 36.4 Å². The molecule has 1 N–H and O–H groups in total. The van der Waals surface area contributed by atoms with E-state index in [0.29, 0.717) is 18.0 Å². The van der Waals surface area contributed by atoms with E-state index in [0.717, 1.165) is 25.1 Å². The first-order valence-corrected chi connectivity index (χ1v) is 6.09. The zero-order valence-electron chi connectivity index (χ0n) is 10.6. The second-order valence-electron chi connectivity index (χ2n) is 4.51. The summed E-state index contributed by atoms with van der Waals surface area (Å²) in [4.78, 5) is 13.6. The topological polar surface area (TPSA) is 41.6 Å². The molecule has 1 fully saturated rings.